The van der Waals surface area contributed by atoms with Crippen molar-refractivity contribution in [3.05, 3.63) is 0 Å². The van der Waals surface area contributed by atoms with Crippen molar-refractivity contribution < 1.29 is 4.74 Å². The lowest BCUT2D eigenvalue weighted by atomic mass is 9.87. The molecule has 0 spiro atoms. The molecule has 0 aromatic rings. The van der Waals surface area contributed by atoms with E-state index in [9.17, 15) is 0 Å². The second-order valence-corrected chi connectivity index (χ2v) is 11.0. The summed E-state index contributed by atoms with van der Waals surface area (Å²) in [4.78, 5) is 0. The van der Waals surface area contributed by atoms with Crippen LogP contribution in [0.2, 0.25) is 0 Å². The molecule has 0 amide bonds. The van der Waals surface area contributed by atoms with Crippen LogP contribution in [0.5, 0.6) is 0 Å². The summed E-state index contributed by atoms with van der Waals surface area (Å²) in [6, 6.07) is 0. The molecule has 1 heteroatoms. The average Bonchev–Trinajstić information content (AvgIpc) is 2.83. The molecule has 33 heavy (non-hydrogen) atoms. The van der Waals surface area contributed by atoms with E-state index >= 15 is 0 Å². The van der Waals surface area contributed by atoms with Crippen LogP contribution in [0.4, 0.5) is 0 Å². The molecule has 0 saturated heterocycles. The van der Waals surface area contributed by atoms with E-state index in [1.54, 1.807) is 0 Å². The first-order valence-electron chi connectivity index (χ1n) is 15.9. The molecule has 0 radical (unpaired) electrons. The maximum absolute atomic E-state index is 6.73. The van der Waals surface area contributed by atoms with Crippen LogP contribution in [0, 0.1) is 0 Å². The molecule has 0 aliphatic heterocycles. The largest absolute Gasteiger partial charge is 0.375 e. The molecular formula is C32H66O. The van der Waals surface area contributed by atoms with Gasteiger partial charge in [0.05, 0.1) is 5.60 Å². The van der Waals surface area contributed by atoms with Crippen LogP contribution in [-0.4, -0.2) is 12.2 Å². The number of hydrogen-bond donors (Lipinski definition) is 0. The normalized spacial score (nSPS) is 13.5. The quantitative estimate of drug-likeness (QED) is 0.104. The van der Waals surface area contributed by atoms with Crippen molar-refractivity contribution in [1.82, 2.24) is 0 Å². The number of ether oxygens (including phenoxy) is 1. The van der Waals surface area contributed by atoms with Crippen LogP contribution < -0.4 is 0 Å². The molecule has 0 saturated carbocycles. The third kappa shape index (κ3) is 22.2. The highest BCUT2D eigenvalue weighted by Crippen LogP contribution is 2.31. The van der Waals surface area contributed by atoms with Crippen LogP contribution in [0.15, 0.2) is 0 Å². The van der Waals surface area contributed by atoms with Gasteiger partial charge in [-0.2, -0.15) is 0 Å². The summed E-state index contributed by atoms with van der Waals surface area (Å²) >= 11 is 0. The number of unbranched alkanes of at least 4 members (excludes halogenated alkanes) is 20. The topological polar surface area (TPSA) is 9.23 Å². The van der Waals surface area contributed by atoms with E-state index in [-0.39, 0.29) is 5.60 Å². The molecule has 0 N–H and O–H groups in total. The van der Waals surface area contributed by atoms with E-state index in [1.807, 2.05) is 0 Å². The summed E-state index contributed by atoms with van der Waals surface area (Å²) < 4.78 is 6.73. The third-order valence-electron chi connectivity index (χ3n) is 7.77. The van der Waals surface area contributed by atoms with Crippen molar-refractivity contribution in [2.45, 2.75) is 200 Å². The van der Waals surface area contributed by atoms with Gasteiger partial charge in [-0.25, -0.2) is 0 Å². The van der Waals surface area contributed by atoms with Crippen molar-refractivity contribution >= 4 is 0 Å². The van der Waals surface area contributed by atoms with Gasteiger partial charge in [-0.1, -0.05) is 169 Å². The lowest BCUT2D eigenvalue weighted by Crippen LogP contribution is -2.32. The van der Waals surface area contributed by atoms with E-state index in [4.69, 9.17) is 4.74 Å². The van der Waals surface area contributed by atoms with Gasteiger partial charge in [-0.05, 0) is 25.7 Å². The van der Waals surface area contributed by atoms with Gasteiger partial charge in [0, 0.05) is 6.61 Å². The Morgan fingerprint density at radius 3 is 1.00 bits per heavy atom. The second-order valence-electron chi connectivity index (χ2n) is 11.0. The van der Waals surface area contributed by atoms with Gasteiger partial charge in [0.2, 0.25) is 0 Å². The summed E-state index contributed by atoms with van der Waals surface area (Å²) in [5.41, 5.74) is 0.173. The summed E-state index contributed by atoms with van der Waals surface area (Å²) in [6.45, 7) is 10.3. The fraction of sp³-hybridized carbons (Fsp3) is 1.00. The summed E-state index contributed by atoms with van der Waals surface area (Å²) in [6.07, 6.45) is 36.0. The van der Waals surface area contributed by atoms with Crippen molar-refractivity contribution in [2.24, 2.45) is 0 Å². The van der Waals surface area contributed by atoms with Crippen LogP contribution >= 0.6 is 0 Å². The van der Waals surface area contributed by atoms with Gasteiger partial charge < -0.3 is 4.74 Å². The number of rotatable bonds is 28. The lowest BCUT2D eigenvalue weighted by molar-refractivity contribution is -0.0648. The molecule has 0 aromatic heterocycles. The van der Waals surface area contributed by atoms with Crippen molar-refractivity contribution in [3.63, 3.8) is 0 Å². The van der Waals surface area contributed by atoms with Crippen LogP contribution in [0.25, 0.3) is 0 Å². The second kappa shape index (κ2) is 26.6. The molecule has 0 aromatic carbocycles. The standard InChI is InChI=1S/C32H66O/c1-5-9-12-15-18-21-24-27-30-32(8-4,29-26-23-20-17-14-11-7-3)33-31-28-25-22-19-16-13-10-6-2/h5-31H2,1-4H3. The molecule has 1 unspecified atom stereocenters. The predicted molar refractivity (Wildman–Crippen MR) is 151 cm³/mol. The van der Waals surface area contributed by atoms with Crippen LogP contribution in [-0.2, 0) is 4.74 Å². The molecule has 1 nitrogen and oxygen atoms in total. The van der Waals surface area contributed by atoms with E-state index in [0.29, 0.717) is 0 Å². The van der Waals surface area contributed by atoms with E-state index in [1.165, 1.54) is 167 Å². The number of hydrogen-bond acceptors (Lipinski definition) is 1. The summed E-state index contributed by atoms with van der Waals surface area (Å²) in [7, 11) is 0. The fourth-order valence-electron chi connectivity index (χ4n) is 5.23. The first-order valence-corrected chi connectivity index (χ1v) is 15.9. The molecule has 0 bridgehead atoms. The minimum absolute atomic E-state index is 0.173. The highest BCUT2D eigenvalue weighted by atomic mass is 16.5. The molecule has 0 rings (SSSR count). The monoisotopic (exact) mass is 467 g/mol. The minimum atomic E-state index is 0.173. The zero-order valence-electron chi connectivity index (χ0n) is 24.0. The highest BCUT2D eigenvalue weighted by Gasteiger charge is 2.27. The third-order valence-corrected chi connectivity index (χ3v) is 7.77. The maximum atomic E-state index is 6.73. The smallest absolute Gasteiger partial charge is 0.0680 e. The van der Waals surface area contributed by atoms with Crippen molar-refractivity contribution in [3.8, 4) is 0 Å². The SMILES string of the molecule is CCCCCCCCCCOC(CC)(CCCCCCCCC)CCCCCCCCCC. The predicted octanol–water partition coefficient (Wildman–Crippen LogP) is 12.0. The molecule has 0 fully saturated rings. The van der Waals surface area contributed by atoms with Gasteiger partial charge >= 0.3 is 0 Å². The lowest BCUT2D eigenvalue weighted by Gasteiger charge is -2.34. The van der Waals surface area contributed by atoms with Crippen molar-refractivity contribution in [2.75, 3.05) is 6.61 Å². The highest BCUT2D eigenvalue weighted by molar-refractivity contribution is 4.80. The van der Waals surface area contributed by atoms with E-state index in [2.05, 4.69) is 27.7 Å². The summed E-state index contributed by atoms with van der Waals surface area (Å²) in [5, 5.41) is 0. The van der Waals surface area contributed by atoms with Crippen LogP contribution in [0.3, 0.4) is 0 Å². The Morgan fingerprint density at radius 1 is 0.364 bits per heavy atom. The Morgan fingerprint density at radius 2 is 0.667 bits per heavy atom. The molecule has 0 aliphatic rings. The Labute approximate surface area is 211 Å². The van der Waals surface area contributed by atoms with Gasteiger partial charge in [0.25, 0.3) is 0 Å². The zero-order chi connectivity index (χ0) is 24.3. The van der Waals surface area contributed by atoms with Gasteiger partial charge in [-0.15, -0.1) is 0 Å². The van der Waals surface area contributed by atoms with E-state index < -0.39 is 0 Å². The Kier molecular flexibility index (Phi) is 26.5. The Balaban J connectivity index is 4.21. The Hall–Kier alpha value is -0.0400. The van der Waals surface area contributed by atoms with Crippen molar-refractivity contribution in [1.29, 1.82) is 0 Å². The first kappa shape index (κ1) is 33.0. The van der Waals surface area contributed by atoms with Gasteiger partial charge in [-0.3, -0.25) is 0 Å². The molecule has 200 valence electrons. The Bertz CT molecular complexity index is 352. The van der Waals surface area contributed by atoms with E-state index in [0.717, 1.165) is 6.61 Å². The average molecular weight is 467 g/mol. The molecule has 0 aliphatic carbocycles. The fourth-order valence-corrected chi connectivity index (χ4v) is 5.23. The molecule has 1 atom stereocenters. The summed E-state index contributed by atoms with van der Waals surface area (Å²) in [5.74, 6) is 0. The minimum Gasteiger partial charge on any atom is -0.375 e. The maximum Gasteiger partial charge on any atom is 0.0680 e. The van der Waals surface area contributed by atoms with Crippen LogP contribution in [0.1, 0.15) is 195 Å². The van der Waals surface area contributed by atoms with Gasteiger partial charge in [0.1, 0.15) is 0 Å². The van der Waals surface area contributed by atoms with Gasteiger partial charge in [0.15, 0.2) is 0 Å². The molecule has 0 heterocycles. The molecular weight excluding hydrogens is 400 g/mol. The first-order chi connectivity index (χ1) is 16.2. The zero-order valence-corrected chi connectivity index (χ0v) is 24.0.